The minimum atomic E-state index is -0.722. The van der Waals surface area contributed by atoms with E-state index in [0.717, 1.165) is 127 Å². The van der Waals surface area contributed by atoms with E-state index in [4.69, 9.17) is 28.7 Å². The van der Waals surface area contributed by atoms with Crippen LogP contribution in [0, 0.1) is 34.6 Å². The highest BCUT2D eigenvalue weighted by atomic mass is 16.2. The van der Waals surface area contributed by atoms with Crippen LogP contribution in [0.5, 0.6) is 0 Å². The number of nitrogens with two attached hydrogens (primary N) is 5. The molecule has 146 heavy (non-hydrogen) atoms. The third-order valence-electron chi connectivity index (χ3n) is 25.7. The van der Waals surface area contributed by atoms with Gasteiger partial charge in [0.05, 0.1) is 24.6 Å². The van der Waals surface area contributed by atoms with Gasteiger partial charge >= 0.3 is 0 Å². The molecule has 8 atom stereocenters. The van der Waals surface area contributed by atoms with Crippen LogP contribution in [-0.4, -0.2) is 259 Å². The third-order valence-corrected chi connectivity index (χ3v) is 25.7. The Morgan fingerprint density at radius 2 is 0.644 bits per heavy atom. The molecule has 766 valence electrons. The molecule has 5 aliphatic rings. The van der Waals surface area contributed by atoms with Gasteiger partial charge < -0.3 is 105 Å². The minimum Gasteiger partial charge on any atom is -0.364 e. The van der Waals surface area contributed by atoms with Gasteiger partial charge in [-0.15, -0.1) is 20.4 Å². The molecule has 0 aliphatic carbocycles. The predicted molar refractivity (Wildman–Crippen MR) is 566 cm³/mol. The molecule has 5 aliphatic heterocycles. The number of likely N-dealkylation sites (tertiary alicyclic amines) is 5. The second-order valence-corrected chi connectivity index (χ2v) is 36.0. The van der Waals surface area contributed by atoms with E-state index >= 15 is 0 Å². The van der Waals surface area contributed by atoms with Gasteiger partial charge in [0.15, 0.2) is 57.6 Å². The molecule has 5 aromatic heterocycles. The van der Waals surface area contributed by atoms with Crippen molar-refractivity contribution in [2.45, 2.75) is 168 Å². The van der Waals surface area contributed by atoms with Crippen molar-refractivity contribution in [3.8, 4) is 0 Å². The quantitative estimate of drug-likeness (QED) is 0.0186. The second kappa shape index (κ2) is 51.4. The van der Waals surface area contributed by atoms with Gasteiger partial charge in [0.1, 0.15) is 17.5 Å². The SMILES string of the molecule is C=CC(=O)N1CCC[C@@H](N(C)c2cnc(C(N)=O)c(Nc3ccc(C)cc3)n2)C1.C=CC(=O)N1CCC[C@@H](N(C)c2cnc(C(N)=O)c(Nc3ccc(C)cc3)n2)[C@H]1C.C=CC(=O)N1CCC[C@@H](N(C)c2nnc(C(N)=O)c(Nc3ccc(C)cc3)n2)C1.C=CC(=O)N1CCC[C@@H](Nc2cnc(C(N)=O)c(Nc3ccc(C)cc3)n2)[C@H]1C.C=CC(=O)N1CCC[C@@H](Nc2nnc(C(N)=O)c(Nc3ccc(C)cc3)n2)[C@H]1C. The van der Waals surface area contributed by atoms with Crippen molar-refractivity contribution < 1.29 is 47.9 Å². The lowest BCUT2D eigenvalue weighted by molar-refractivity contribution is -0.130. The fourth-order valence-corrected chi connectivity index (χ4v) is 17.3. The summed E-state index contributed by atoms with van der Waals surface area (Å²) >= 11 is 0. The van der Waals surface area contributed by atoms with Gasteiger partial charge in [-0.2, -0.15) is 9.97 Å². The molecular weight excluding hydrogens is 1860 g/mol. The number of hydrogen-bond donors (Lipinski definition) is 12. The number of nitrogens with zero attached hydrogens (tertiary/aromatic N) is 20. The number of hydrogen-bond acceptors (Lipinski definition) is 32. The largest absolute Gasteiger partial charge is 0.364 e. The number of anilines is 15. The van der Waals surface area contributed by atoms with Gasteiger partial charge in [0.2, 0.25) is 41.4 Å². The van der Waals surface area contributed by atoms with Crippen molar-refractivity contribution in [1.29, 1.82) is 0 Å². The van der Waals surface area contributed by atoms with Crippen molar-refractivity contribution in [1.82, 2.24) is 84.8 Å². The average molecular weight is 1990 g/mol. The standard InChI is InChI=1S/C22H28N6O2.2C21H26N6O2.2C20H25N7O2/c1-5-19(29)28-12-6-7-17(15(28)3)27(4)18-13-24-20(21(23)30)22(26-18)25-16-10-8-14(2)9-11-16;1-4-18(28)27-11-5-6-16(13-27)26(3)17-12-23-19(20(22)29)21(25-17)24-15-9-7-14(2)8-10-15;1-4-18(28)27-11-5-6-16(14(27)3)25-17-12-23-19(20(22)29)21(26-17)24-15-9-7-13(2)8-10-15;1-4-16(28)27-11-5-6-15(12-27)26(3)20-23-19(17(18(21)29)24-25-20)22-14-9-7-13(2)8-10-14;1-4-16(28)27-11-5-6-15(13(27)3)23-20-24-19(17(18(21)29)25-26-20)22-14-9-7-12(2)8-10-14/h5,8-11,13,15,17H,1,6-7,12H2,2-4H3,(H2,23,30)(H,25,26);4,7-10,12,16H,1,5-6,11,13H2,2-3H3,(H2,22,29)(H,24,25);4,7-10,12,14,16H,1,5-6,11H2,2-3H3,(H2,22,29)(H2,24,25,26);4,7-10,15H,1,5-6,11-12H2,2-3H3,(H2,21,29)(H,22,23,25);4,7-10,13,15H,1,5-6,11H2,2-3H3,(H2,21,29)(H2,22,23,24,26)/t15-,17-;16-;14-,16-;15-;13-,15-/m11111/s1. The molecule has 0 saturated carbocycles. The van der Waals surface area contributed by atoms with E-state index in [-0.39, 0.29) is 130 Å². The number of amides is 10. The highest BCUT2D eigenvalue weighted by Gasteiger charge is 2.37. The summed E-state index contributed by atoms with van der Waals surface area (Å²) in [4.78, 5) is 169. The molecule has 10 amide bonds. The van der Waals surface area contributed by atoms with Crippen molar-refractivity contribution in [2.24, 2.45) is 28.7 Å². The van der Waals surface area contributed by atoms with Crippen molar-refractivity contribution >= 4 is 146 Å². The Morgan fingerprint density at radius 1 is 0.336 bits per heavy atom. The third kappa shape index (κ3) is 29.3. The molecule has 5 aromatic carbocycles. The molecule has 15 rings (SSSR count). The number of rotatable bonds is 30. The van der Waals surface area contributed by atoms with E-state index in [2.05, 4.69) is 130 Å². The Hall–Kier alpha value is -17.2. The lowest BCUT2D eigenvalue weighted by Gasteiger charge is -2.43. The Bertz CT molecular complexity index is 6050. The van der Waals surface area contributed by atoms with Crippen molar-refractivity contribution in [2.75, 3.05) is 119 Å². The second-order valence-electron chi connectivity index (χ2n) is 36.0. The Labute approximate surface area is 849 Å². The lowest BCUT2D eigenvalue weighted by Crippen LogP contribution is -2.55. The number of primary amides is 5. The summed E-state index contributed by atoms with van der Waals surface area (Å²) in [5.41, 5.74) is 36.9. The molecule has 10 aromatic rings. The number of piperidine rings is 5. The van der Waals surface area contributed by atoms with Crippen LogP contribution in [0.2, 0.25) is 0 Å². The maximum Gasteiger partial charge on any atom is 0.273 e. The first-order chi connectivity index (χ1) is 69.8. The van der Waals surface area contributed by atoms with Crippen LogP contribution in [-0.2, 0) is 24.0 Å². The molecule has 42 nitrogen and oxygen atoms in total. The Balaban J connectivity index is 0.000000174. The normalized spacial score (nSPS) is 17.7. The van der Waals surface area contributed by atoms with Gasteiger partial charge in [-0.3, -0.25) is 47.9 Å². The van der Waals surface area contributed by atoms with Crippen molar-refractivity contribution in [3.63, 3.8) is 0 Å². The molecule has 0 spiro atoms. The number of likely N-dealkylation sites (N-methyl/N-ethyl adjacent to an activating group) is 3. The zero-order valence-corrected chi connectivity index (χ0v) is 84.3. The molecular formula is C104H130N32O10. The monoisotopic (exact) mass is 1990 g/mol. The van der Waals surface area contributed by atoms with Gasteiger partial charge in [-0.25, -0.2) is 29.9 Å². The summed E-state index contributed by atoms with van der Waals surface area (Å²) in [6, 6.07) is 38.5. The zero-order chi connectivity index (χ0) is 106. The maximum atomic E-state index is 12.2. The maximum absolute atomic E-state index is 12.2. The summed E-state index contributed by atoms with van der Waals surface area (Å²) < 4.78 is 0. The van der Waals surface area contributed by atoms with Crippen LogP contribution in [0.15, 0.2) is 203 Å². The first-order valence-corrected chi connectivity index (χ1v) is 48.0. The first kappa shape index (κ1) is 109. The number of benzene rings is 5. The van der Waals surface area contributed by atoms with E-state index in [9.17, 15) is 47.9 Å². The first-order valence-electron chi connectivity index (χ1n) is 48.0. The molecule has 17 N–H and O–H groups in total. The van der Waals surface area contributed by atoms with Crippen LogP contribution in [0.3, 0.4) is 0 Å². The molecule has 5 saturated heterocycles. The summed E-state index contributed by atoms with van der Waals surface area (Å²) in [5.74, 6) is -0.140. The molecule has 42 heteroatoms. The van der Waals surface area contributed by atoms with Gasteiger partial charge in [-0.05, 0) is 211 Å². The predicted octanol–water partition coefficient (Wildman–Crippen LogP) is 11.1. The number of aryl methyl sites for hydroxylation is 5. The molecule has 0 bridgehead atoms. The van der Waals surface area contributed by atoms with E-state index in [1.54, 1.807) is 25.8 Å². The zero-order valence-electron chi connectivity index (χ0n) is 84.3. The lowest BCUT2D eigenvalue weighted by atomic mass is 9.96. The topological polar surface area (TPSA) is 566 Å². The van der Waals surface area contributed by atoms with Gasteiger partial charge in [0.25, 0.3) is 29.5 Å². The van der Waals surface area contributed by atoms with Crippen LogP contribution < -0.4 is 80.6 Å². The average Bonchev–Trinajstić information content (AvgIpc) is 0.782. The minimum absolute atomic E-state index is 0.00797. The molecule has 0 radical (unpaired) electrons. The van der Waals surface area contributed by atoms with E-state index < -0.39 is 29.5 Å². The van der Waals surface area contributed by atoms with E-state index in [1.807, 2.05) is 217 Å². The fourth-order valence-electron chi connectivity index (χ4n) is 17.3. The summed E-state index contributed by atoms with van der Waals surface area (Å²) in [5, 5.41) is 38.2. The van der Waals surface area contributed by atoms with Crippen LogP contribution in [0.25, 0.3) is 0 Å². The Morgan fingerprint density at radius 3 is 1.01 bits per heavy atom. The van der Waals surface area contributed by atoms with Gasteiger partial charge in [-0.1, -0.05) is 121 Å². The number of aromatic nitrogens is 12. The fraction of sp³-hybridized carbons (Fsp3) is 0.346. The molecule has 0 unspecified atom stereocenters. The van der Waals surface area contributed by atoms with Crippen molar-refractivity contribution in [3.05, 3.63) is 259 Å². The van der Waals surface area contributed by atoms with Crippen LogP contribution >= 0.6 is 0 Å². The highest BCUT2D eigenvalue weighted by molar-refractivity contribution is 6.00. The summed E-state index contributed by atoms with van der Waals surface area (Å²) in [6.45, 7) is 38.5. The molecule has 10 heterocycles. The number of nitrogens with one attached hydrogen (secondary N) is 7. The summed E-state index contributed by atoms with van der Waals surface area (Å²) in [7, 11) is 5.69. The molecule has 5 fully saturated rings. The van der Waals surface area contributed by atoms with E-state index in [0.29, 0.717) is 74.3 Å². The van der Waals surface area contributed by atoms with Crippen LogP contribution in [0.1, 0.15) is 165 Å². The number of carbonyl (C=O) groups is 10. The smallest absolute Gasteiger partial charge is 0.273 e. The highest BCUT2D eigenvalue weighted by Crippen LogP contribution is 2.33. The number of carbonyl (C=O) groups excluding carboxylic acids is 10. The van der Waals surface area contributed by atoms with Crippen LogP contribution in [0.4, 0.5) is 86.9 Å². The Kier molecular flexibility index (Phi) is 38.5. The van der Waals surface area contributed by atoms with Gasteiger partial charge in [0, 0.05) is 138 Å². The summed E-state index contributed by atoms with van der Waals surface area (Å²) in [6.07, 6.45) is 20.1. The van der Waals surface area contributed by atoms with E-state index in [1.165, 1.54) is 42.8 Å².